The first kappa shape index (κ1) is 14.0. The van der Waals surface area contributed by atoms with Gasteiger partial charge in [-0.25, -0.2) is 8.78 Å². The maximum atomic E-state index is 13.3. The lowest BCUT2D eigenvalue weighted by Crippen LogP contribution is -2.28. The molecule has 0 aliphatic carbocycles. The normalized spacial score (nSPS) is 13.5. The van der Waals surface area contributed by atoms with E-state index in [9.17, 15) is 17.8 Å². The number of carbonyl (C=O) groups is 1. The Kier molecular flexibility index (Phi) is 4.14. The van der Waals surface area contributed by atoms with Crippen molar-refractivity contribution in [1.82, 2.24) is 0 Å². The van der Waals surface area contributed by atoms with Gasteiger partial charge in [-0.05, 0) is 39.0 Å². The molecule has 0 saturated heterocycles. The van der Waals surface area contributed by atoms with Crippen LogP contribution >= 0.6 is 0 Å². The third kappa shape index (κ3) is 3.70. The van der Waals surface area contributed by atoms with Gasteiger partial charge in [-0.1, -0.05) is 0 Å². The fraction of sp³-hybridized carbons (Fsp3) is 0.417. The number of carbonyl (C=O) groups excluding carboxylic acids is 1. The van der Waals surface area contributed by atoms with Gasteiger partial charge in [0, 0.05) is 15.5 Å². The Morgan fingerprint density at radius 2 is 1.88 bits per heavy atom. The van der Waals surface area contributed by atoms with Gasteiger partial charge >= 0.3 is 0 Å². The van der Waals surface area contributed by atoms with E-state index < -0.39 is 33.0 Å². The third-order valence-electron chi connectivity index (χ3n) is 2.17. The van der Waals surface area contributed by atoms with Crippen molar-refractivity contribution in [2.45, 2.75) is 25.5 Å². The largest absolute Gasteiger partial charge is 0.293 e. The summed E-state index contributed by atoms with van der Waals surface area (Å²) in [4.78, 5) is 11.7. The molecule has 0 fully saturated rings. The highest BCUT2D eigenvalue weighted by Gasteiger charge is 2.24. The molecule has 0 amide bonds. The Balaban J connectivity index is 2.91. The Labute approximate surface area is 101 Å². The SMILES string of the molecule is CC(C)(C)S(=O)CC(=O)c1cc(F)ccc1F. The first-order chi connectivity index (χ1) is 7.71. The van der Waals surface area contributed by atoms with Crippen LogP contribution in [0.2, 0.25) is 0 Å². The van der Waals surface area contributed by atoms with Crippen LogP contribution < -0.4 is 0 Å². The van der Waals surface area contributed by atoms with E-state index in [1.165, 1.54) is 0 Å². The number of rotatable bonds is 3. The van der Waals surface area contributed by atoms with Crippen LogP contribution in [0.5, 0.6) is 0 Å². The van der Waals surface area contributed by atoms with Crippen LogP contribution in [0.1, 0.15) is 31.1 Å². The Bertz CT molecular complexity index is 464. The molecule has 0 aliphatic heterocycles. The molecule has 2 nitrogen and oxygen atoms in total. The highest BCUT2D eigenvalue weighted by molar-refractivity contribution is 7.87. The van der Waals surface area contributed by atoms with E-state index in [0.717, 1.165) is 18.2 Å². The molecule has 94 valence electrons. The highest BCUT2D eigenvalue weighted by Crippen LogP contribution is 2.15. The molecule has 0 spiro atoms. The molecular formula is C12H14F2O2S. The number of hydrogen-bond donors (Lipinski definition) is 0. The summed E-state index contributed by atoms with van der Waals surface area (Å²) in [6, 6.07) is 2.66. The highest BCUT2D eigenvalue weighted by atomic mass is 32.2. The number of benzene rings is 1. The van der Waals surface area contributed by atoms with Crippen LogP contribution in [0.15, 0.2) is 18.2 Å². The van der Waals surface area contributed by atoms with Crippen molar-refractivity contribution in [1.29, 1.82) is 0 Å². The van der Waals surface area contributed by atoms with E-state index in [2.05, 4.69) is 0 Å². The van der Waals surface area contributed by atoms with Crippen molar-refractivity contribution in [3.63, 3.8) is 0 Å². The van der Waals surface area contributed by atoms with Crippen LogP contribution in [0.25, 0.3) is 0 Å². The standard InChI is InChI=1S/C12H14F2O2S/c1-12(2,3)17(16)7-11(15)9-6-8(13)4-5-10(9)14/h4-6H,7H2,1-3H3. The van der Waals surface area contributed by atoms with Gasteiger partial charge in [0.05, 0.1) is 11.3 Å². The lowest BCUT2D eigenvalue weighted by Gasteiger charge is -2.17. The van der Waals surface area contributed by atoms with Crippen molar-refractivity contribution in [3.05, 3.63) is 35.4 Å². The predicted octanol–water partition coefficient (Wildman–Crippen LogP) is 2.69. The lowest BCUT2D eigenvalue weighted by molar-refractivity contribution is 0.101. The molecule has 0 bridgehead atoms. The molecule has 1 atom stereocenters. The monoisotopic (exact) mass is 260 g/mol. The van der Waals surface area contributed by atoms with Crippen LogP contribution in [0.4, 0.5) is 8.78 Å². The topological polar surface area (TPSA) is 34.1 Å². The smallest absolute Gasteiger partial charge is 0.178 e. The third-order valence-corrected chi connectivity index (χ3v) is 4.06. The van der Waals surface area contributed by atoms with Crippen molar-refractivity contribution in [2.24, 2.45) is 0 Å². The van der Waals surface area contributed by atoms with E-state index in [4.69, 9.17) is 0 Å². The summed E-state index contributed by atoms with van der Waals surface area (Å²) >= 11 is 0. The molecule has 0 radical (unpaired) electrons. The van der Waals surface area contributed by atoms with Crippen LogP contribution in [-0.2, 0) is 10.8 Å². The molecule has 1 unspecified atom stereocenters. The summed E-state index contributed by atoms with van der Waals surface area (Å²) < 4.78 is 37.3. The second-order valence-electron chi connectivity index (χ2n) is 4.65. The van der Waals surface area contributed by atoms with Gasteiger partial charge in [-0.3, -0.25) is 9.00 Å². The van der Waals surface area contributed by atoms with Gasteiger partial charge in [-0.15, -0.1) is 0 Å². The average Bonchev–Trinajstić information content (AvgIpc) is 2.20. The molecule has 0 aromatic heterocycles. The first-order valence-corrected chi connectivity index (χ1v) is 6.40. The van der Waals surface area contributed by atoms with E-state index in [0.29, 0.717) is 0 Å². The summed E-state index contributed by atoms with van der Waals surface area (Å²) in [7, 11) is -1.42. The van der Waals surface area contributed by atoms with Crippen molar-refractivity contribution in [3.8, 4) is 0 Å². The van der Waals surface area contributed by atoms with Crippen LogP contribution in [-0.4, -0.2) is 20.5 Å². The Morgan fingerprint density at radius 1 is 1.29 bits per heavy atom. The van der Waals surface area contributed by atoms with Gasteiger partial charge in [0.1, 0.15) is 11.6 Å². The van der Waals surface area contributed by atoms with E-state index in [1.54, 1.807) is 20.8 Å². The zero-order valence-electron chi connectivity index (χ0n) is 9.92. The maximum absolute atomic E-state index is 13.3. The van der Waals surface area contributed by atoms with E-state index in [1.807, 2.05) is 0 Å². The Morgan fingerprint density at radius 3 is 2.41 bits per heavy atom. The lowest BCUT2D eigenvalue weighted by atomic mass is 10.1. The molecule has 0 aliphatic rings. The minimum atomic E-state index is -1.42. The Hall–Kier alpha value is -1.10. The molecular weight excluding hydrogens is 246 g/mol. The first-order valence-electron chi connectivity index (χ1n) is 5.08. The minimum absolute atomic E-state index is 0.302. The molecule has 1 aromatic carbocycles. The molecule has 0 heterocycles. The predicted molar refractivity (Wildman–Crippen MR) is 63.5 cm³/mol. The summed E-state index contributed by atoms with van der Waals surface area (Å²) in [5, 5.41) is 0. The summed E-state index contributed by atoms with van der Waals surface area (Å²) in [5.74, 6) is -2.42. The van der Waals surface area contributed by atoms with Gasteiger partial charge in [0.2, 0.25) is 0 Å². The number of halogens is 2. The molecule has 1 aromatic rings. The average molecular weight is 260 g/mol. The minimum Gasteiger partial charge on any atom is -0.293 e. The van der Waals surface area contributed by atoms with Crippen LogP contribution in [0, 0.1) is 11.6 Å². The van der Waals surface area contributed by atoms with Crippen molar-refractivity contribution >= 4 is 16.6 Å². The fourth-order valence-corrected chi connectivity index (χ4v) is 1.95. The zero-order valence-corrected chi connectivity index (χ0v) is 10.7. The van der Waals surface area contributed by atoms with Crippen LogP contribution in [0.3, 0.4) is 0 Å². The van der Waals surface area contributed by atoms with Crippen molar-refractivity contribution in [2.75, 3.05) is 5.75 Å². The van der Waals surface area contributed by atoms with Crippen molar-refractivity contribution < 1.29 is 17.8 Å². The zero-order chi connectivity index (χ0) is 13.2. The quantitative estimate of drug-likeness (QED) is 0.783. The fourth-order valence-electron chi connectivity index (χ4n) is 1.12. The second-order valence-corrected chi connectivity index (χ2v) is 6.85. The number of hydrogen-bond acceptors (Lipinski definition) is 2. The summed E-state index contributed by atoms with van der Waals surface area (Å²) in [5.41, 5.74) is -0.345. The van der Waals surface area contributed by atoms with E-state index >= 15 is 0 Å². The summed E-state index contributed by atoms with van der Waals surface area (Å²) in [6.45, 7) is 5.16. The molecule has 0 N–H and O–H groups in total. The van der Waals surface area contributed by atoms with E-state index in [-0.39, 0.29) is 11.3 Å². The molecule has 0 saturated carbocycles. The van der Waals surface area contributed by atoms with Gasteiger partial charge in [0.15, 0.2) is 5.78 Å². The molecule has 1 rings (SSSR count). The maximum Gasteiger partial charge on any atom is 0.178 e. The second kappa shape index (κ2) is 5.04. The number of ketones is 1. The summed E-state index contributed by atoms with van der Waals surface area (Å²) in [6.07, 6.45) is 0. The van der Waals surface area contributed by atoms with Gasteiger partial charge < -0.3 is 0 Å². The molecule has 17 heavy (non-hydrogen) atoms. The molecule has 5 heteroatoms. The van der Waals surface area contributed by atoms with Gasteiger partial charge in [0.25, 0.3) is 0 Å². The number of Topliss-reactive ketones (excluding diaryl/α,β-unsaturated/α-hetero) is 1. The van der Waals surface area contributed by atoms with Gasteiger partial charge in [-0.2, -0.15) is 0 Å².